The van der Waals surface area contributed by atoms with Gasteiger partial charge in [-0.2, -0.15) is 0 Å². The first-order chi connectivity index (χ1) is 8.13. The van der Waals surface area contributed by atoms with Crippen molar-refractivity contribution in [3.63, 3.8) is 0 Å². The Morgan fingerprint density at radius 1 is 1.41 bits per heavy atom. The molecule has 0 radical (unpaired) electrons. The fourth-order valence-electron chi connectivity index (χ4n) is 2.41. The van der Waals surface area contributed by atoms with Crippen LogP contribution in [0.2, 0.25) is 0 Å². The predicted octanol–water partition coefficient (Wildman–Crippen LogP) is 1.86. The normalized spacial score (nSPS) is 21.1. The Hall–Kier alpha value is -1.06. The molecule has 0 spiro atoms. The van der Waals surface area contributed by atoms with E-state index in [1.807, 2.05) is 0 Å². The number of nitrogens with one attached hydrogen (secondary N) is 1. The molecule has 0 aromatic heterocycles. The lowest BCUT2D eigenvalue weighted by Crippen LogP contribution is -2.23. The molecule has 1 unspecified atom stereocenters. The zero-order chi connectivity index (χ0) is 12.3. The highest BCUT2D eigenvalue weighted by Crippen LogP contribution is 2.16. The molecule has 2 rings (SSSR count). The lowest BCUT2D eigenvalue weighted by Gasteiger charge is -2.16. The van der Waals surface area contributed by atoms with Crippen LogP contribution in [-0.2, 0) is 6.54 Å². The van der Waals surface area contributed by atoms with Crippen molar-refractivity contribution < 1.29 is 0 Å². The molecule has 1 fully saturated rings. The van der Waals surface area contributed by atoms with Crippen molar-refractivity contribution in [2.45, 2.75) is 19.0 Å². The van der Waals surface area contributed by atoms with Crippen LogP contribution in [0.15, 0.2) is 24.3 Å². The Kier molecular flexibility index (Phi) is 4.02. The van der Waals surface area contributed by atoms with Gasteiger partial charge in [-0.25, -0.2) is 0 Å². The minimum Gasteiger partial charge on any atom is -0.381 e. The van der Waals surface area contributed by atoms with E-state index in [-0.39, 0.29) is 0 Å². The first kappa shape index (κ1) is 12.4. The van der Waals surface area contributed by atoms with Gasteiger partial charge >= 0.3 is 0 Å². The second kappa shape index (κ2) is 5.52. The maximum Gasteiger partial charge on any atom is 0.0400 e. The lowest BCUT2D eigenvalue weighted by molar-refractivity contribution is 0.402. The molecule has 17 heavy (non-hydrogen) atoms. The van der Waals surface area contributed by atoms with Gasteiger partial charge in [-0.05, 0) is 51.8 Å². The van der Waals surface area contributed by atoms with E-state index in [4.69, 9.17) is 0 Å². The van der Waals surface area contributed by atoms with Crippen molar-refractivity contribution in [2.24, 2.45) is 0 Å². The van der Waals surface area contributed by atoms with Crippen LogP contribution in [0.4, 0.5) is 5.69 Å². The van der Waals surface area contributed by atoms with Gasteiger partial charge in [-0.1, -0.05) is 12.1 Å². The van der Waals surface area contributed by atoms with Gasteiger partial charge in [0.2, 0.25) is 0 Å². The quantitative estimate of drug-likeness (QED) is 0.856. The van der Waals surface area contributed by atoms with Gasteiger partial charge in [-0.3, -0.25) is 0 Å². The van der Waals surface area contributed by atoms with Crippen molar-refractivity contribution >= 4 is 5.69 Å². The number of nitrogens with zero attached hydrogens (tertiary/aromatic N) is 2. The van der Waals surface area contributed by atoms with Crippen LogP contribution in [-0.4, -0.2) is 50.1 Å². The van der Waals surface area contributed by atoms with Crippen LogP contribution in [0.1, 0.15) is 12.0 Å². The monoisotopic (exact) mass is 233 g/mol. The van der Waals surface area contributed by atoms with Gasteiger partial charge in [0.25, 0.3) is 0 Å². The van der Waals surface area contributed by atoms with Gasteiger partial charge in [0.1, 0.15) is 0 Å². The summed E-state index contributed by atoms with van der Waals surface area (Å²) >= 11 is 0. The number of hydrogen-bond acceptors (Lipinski definition) is 3. The van der Waals surface area contributed by atoms with Crippen LogP contribution in [0.5, 0.6) is 0 Å². The summed E-state index contributed by atoms with van der Waals surface area (Å²) in [6, 6.07) is 9.36. The summed E-state index contributed by atoms with van der Waals surface area (Å²) in [5, 5.41) is 3.62. The van der Waals surface area contributed by atoms with Crippen LogP contribution in [0.3, 0.4) is 0 Å². The SMILES string of the molecule is CN(C)Cc1cccc(NC2CCN(C)C2)c1. The number of benzene rings is 1. The Morgan fingerprint density at radius 2 is 2.24 bits per heavy atom. The third-order valence-electron chi connectivity index (χ3n) is 3.19. The average molecular weight is 233 g/mol. The molecule has 1 N–H and O–H groups in total. The third kappa shape index (κ3) is 3.72. The Balaban J connectivity index is 1.96. The van der Waals surface area contributed by atoms with Gasteiger partial charge in [0.05, 0.1) is 0 Å². The van der Waals surface area contributed by atoms with Crippen molar-refractivity contribution in [1.29, 1.82) is 0 Å². The predicted molar refractivity (Wildman–Crippen MR) is 73.4 cm³/mol. The van der Waals surface area contributed by atoms with Crippen LogP contribution < -0.4 is 5.32 Å². The minimum atomic E-state index is 0.606. The van der Waals surface area contributed by atoms with Crippen LogP contribution >= 0.6 is 0 Å². The highest BCUT2D eigenvalue weighted by Gasteiger charge is 2.18. The largest absolute Gasteiger partial charge is 0.381 e. The Bertz CT molecular complexity index is 362. The van der Waals surface area contributed by atoms with Crippen molar-refractivity contribution in [2.75, 3.05) is 39.5 Å². The maximum absolute atomic E-state index is 3.62. The van der Waals surface area contributed by atoms with Crippen molar-refractivity contribution in [1.82, 2.24) is 9.80 Å². The molecule has 1 aliphatic heterocycles. The summed E-state index contributed by atoms with van der Waals surface area (Å²) in [5.74, 6) is 0. The molecular formula is C14H23N3. The van der Waals surface area contributed by atoms with E-state index in [2.05, 4.69) is 60.5 Å². The van der Waals surface area contributed by atoms with Crippen molar-refractivity contribution in [3.05, 3.63) is 29.8 Å². The maximum atomic E-state index is 3.62. The first-order valence-electron chi connectivity index (χ1n) is 6.32. The molecule has 0 aliphatic carbocycles. The van der Waals surface area contributed by atoms with E-state index >= 15 is 0 Å². The van der Waals surface area contributed by atoms with Gasteiger partial charge in [0.15, 0.2) is 0 Å². The van der Waals surface area contributed by atoms with Crippen molar-refractivity contribution in [3.8, 4) is 0 Å². The zero-order valence-electron chi connectivity index (χ0n) is 11.1. The van der Waals surface area contributed by atoms with E-state index in [9.17, 15) is 0 Å². The fourth-order valence-corrected chi connectivity index (χ4v) is 2.41. The number of anilines is 1. The molecule has 1 aromatic rings. The summed E-state index contributed by atoms with van der Waals surface area (Å²) in [5.41, 5.74) is 2.62. The van der Waals surface area contributed by atoms with Crippen LogP contribution in [0.25, 0.3) is 0 Å². The molecule has 1 aliphatic rings. The molecule has 3 nitrogen and oxygen atoms in total. The molecule has 1 heterocycles. The van der Waals surface area contributed by atoms with E-state index in [0.29, 0.717) is 6.04 Å². The lowest BCUT2D eigenvalue weighted by atomic mass is 10.1. The summed E-state index contributed by atoms with van der Waals surface area (Å²) in [6.07, 6.45) is 1.24. The zero-order valence-corrected chi connectivity index (χ0v) is 11.1. The topological polar surface area (TPSA) is 18.5 Å². The smallest absolute Gasteiger partial charge is 0.0400 e. The Morgan fingerprint density at radius 3 is 2.88 bits per heavy atom. The third-order valence-corrected chi connectivity index (χ3v) is 3.19. The summed E-state index contributed by atoms with van der Waals surface area (Å²) < 4.78 is 0. The molecule has 3 heteroatoms. The minimum absolute atomic E-state index is 0.606. The molecule has 1 aromatic carbocycles. The molecular weight excluding hydrogens is 210 g/mol. The number of hydrogen-bond donors (Lipinski definition) is 1. The van der Waals surface area contributed by atoms with Gasteiger partial charge in [0, 0.05) is 24.8 Å². The molecule has 0 saturated carbocycles. The van der Waals surface area contributed by atoms with E-state index < -0.39 is 0 Å². The van der Waals surface area contributed by atoms with Gasteiger partial charge < -0.3 is 15.1 Å². The van der Waals surface area contributed by atoms with Crippen LogP contribution in [0, 0.1) is 0 Å². The Labute approximate surface area is 104 Å². The number of rotatable bonds is 4. The van der Waals surface area contributed by atoms with Gasteiger partial charge in [-0.15, -0.1) is 0 Å². The molecule has 94 valence electrons. The average Bonchev–Trinajstić information content (AvgIpc) is 2.63. The van der Waals surface area contributed by atoms with E-state index in [1.54, 1.807) is 0 Å². The molecule has 0 bridgehead atoms. The molecule has 0 amide bonds. The second-order valence-electron chi connectivity index (χ2n) is 5.33. The fraction of sp³-hybridized carbons (Fsp3) is 0.571. The standard InChI is InChI=1S/C14H23N3/c1-16(2)10-12-5-4-6-13(9-12)15-14-7-8-17(3)11-14/h4-6,9,14-15H,7-8,10-11H2,1-3H3. The van der Waals surface area contributed by atoms with E-state index in [0.717, 1.165) is 13.1 Å². The summed E-state index contributed by atoms with van der Waals surface area (Å²) in [6.45, 7) is 3.35. The number of likely N-dealkylation sites (N-methyl/N-ethyl adjacent to an activating group) is 1. The second-order valence-corrected chi connectivity index (χ2v) is 5.33. The number of likely N-dealkylation sites (tertiary alicyclic amines) is 1. The highest BCUT2D eigenvalue weighted by molar-refractivity contribution is 5.46. The molecule has 1 saturated heterocycles. The first-order valence-corrected chi connectivity index (χ1v) is 6.32. The summed E-state index contributed by atoms with van der Waals surface area (Å²) in [4.78, 5) is 4.57. The molecule has 1 atom stereocenters. The highest BCUT2D eigenvalue weighted by atomic mass is 15.2. The summed E-state index contributed by atoms with van der Waals surface area (Å²) in [7, 11) is 6.39. The van der Waals surface area contributed by atoms with E-state index in [1.165, 1.54) is 24.2 Å².